The van der Waals surface area contributed by atoms with Gasteiger partial charge in [0.1, 0.15) is 11.6 Å². The first-order valence-electron chi connectivity index (χ1n) is 7.53. The van der Waals surface area contributed by atoms with Crippen LogP contribution in [0.5, 0.6) is 0 Å². The molecule has 0 aliphatic heterocycles. The van der Waals surface area contributed by atoms with Gasteiger partial charge in [-0.1, -0.05) is 13.3 Å². The van der Waals surface area contributed by atoms with Crippen LogP contribution in [-0.2, 0) is 6.54 Å². The van der Waals surface area contributed by atoms with Crippen LogP contribution in [0.4, 0.5) is 15.9 Å². The molecule has 0 unspecified atom stereocenters. The minimum Gasteiger partial charge on any atom is -0.383 e. The van der Waals surface area contributed by atoms with Crippen molar-refractivity contribution in [2.24, 2.45) is 0 Å². The van der Waals surface area contributed by atoms with Crippen LogP contribution >= 0.6 is 0 Å². The van der Waals surface area contributed by atoms with Gasteiger partial charge in [0, 0.05) is 19.2 Å². The minimum absolute atomic E-state index is 0.0739. The molecule has 7 nitrogen and oxygen atoms in total. The molecular weight excluding hydrogens is 315 g/mol. The highest BCUT2D eigenvalue weighted by atomic mass is 19.1. The van der Waals surface area contributed by atoms with E-state index in [4.69, 9.17) is 5.73 Å². The number of nitrogens with two attached hydrogens (primary N) is 1. The second kappa shape index (κ2) is 7.12. The molecule has 3 N–H and O–H groups in total. The maximum Gasteiger partial charge on any atom is 0.330 e. The molecule has 2 rings (SSSR count). The molecule has 128 valence electrons. The number of aromatic amines is 1. The highest BCUT2D eigenvalue weighted by Gasteiger charge is 2.21. The van der Waals surface area contributed by atoms with Gasteiger partial charge in [0.15, 0.2) is 5.69 Å². The molecule has 0 spiro atoms. The Labute approximate surface area is 137 Å². The molecule has 0 atom stereocenters. The van der Waals surface area contributed by atoms with Crippen molar-refractivity contribution in [1.29, 1.82) is 0 Å². The van der Waals surface area contributed by atoms with E-state index in [1.54, 1.807) is 0 Å². The quantitative estimate of drug-likeness (QED) is 0.861. The lowest BCUT2D eigenvalue weighted by Gasteiger charge is -2.20. The minimum atomic E-state index is -0.747. The highest BCUT2D eigenvalue weighted by molar-refractivity contribution is 6.06. The Bertz CT molecular complexity index is 855. The number of hydrogen-bond donors (Lipinski definition) is 2. The van der Waals surface area contributed by atoms with Crippen molar-refractivity contribution in [2.45, 2.75) is 26.3 Å². The molecule has 0 saturated carbocycles. The number of benzene rings is 1. The van der Waals surface area contributed by atoms with Crippen LogP contribution in [0.2, 0.25) is 0 Å². The summed E-state index contributed by atoms with van der Waals surface area (Å²) in [5.74, 6) is -1.08. The van der Waals surface area contributed by atoms with Gasteiger partial charge in [-0.2, -0.15) is 0 Å². The topological polar surface area (TPSA) is 101 Å². The van der Waals surface area contributed by atoms with Gasteiger partial charge in [0.05, 0.1) is 0 Å². The molecule has 0 aliphatic rings. The molecule has 0 fully saturated rings. The Hall–Kier alpha value is -2.90. The van der Waals surface area contributed by atoms with E-state index in [2.05, 4.69) is 4.98 Å². The zero-order valence-electron chi connectivity index (χ0n) is 13.5. The number of halogens is 1. The average molecular weight is 334 g/mol. The van der Waals surface area contributed by atoms with Gasteiger partial charge in [-0.3, -0.25) is 19.1 Å². The number of carbonyl (C=O) groups is 1. The summed E-state index contributed by atoms with van der Waals surface area (Å²) in [7, 11) is 1.38. The largest absolute Gasteiger partial charge is 0.383 e. The Balaban J connectivity index is 2.46. The van der Waals surface area contributed by atoms with Gasteiger partial charge in [0.25, 0.3) is 11.5 Å². The fraction of sp³-hybridized carbons (Fsp3) is 0.312. The first kappa shape index (κ1) is 17.5. The van der Waals surface area contributed by atoms with Crippen LogP contribution in [0, 0.1) is 5.82 Å². The number of nitrogens with one attached hydrogen (secondary N) is 1. The van der Waals surface area contributed by atoms with E-state index in [1.807, 2.05) is 6.92 Å². The summed E-state index contributed by atoms with van der Waals surface area (Å²) in [5.41, 5.74) is 4.68. The third-order valence-corrected chi connectivity index (χ3v) is 3.68. The first-order valence-corrected chi connectivity index (χ1v) is 7.53. The molecule has 2 aromatic rings. The van der Waals surface area contributed by atoms with Gasteiger partial charge in [-0.15, -0.1) is 0 Å². The molecule has 1 aromatic carbocycles. The monoisotopic (exact) mass is 334 g/mol. The highest BCUT2D eigenvalue weighted by Crippen LogP contribution is 2.18. The molecule has 0 aliphatic carbocycles. The van der Waals surface area contributed by atoms with Gasteiger partial charge in [0.2, 0.25) is 0 Å². The smallest absolute Gasteiger partial charge is 0.330 e. The van der Waals surface area contributed by atoms with Crippen LogP contribution in [0.3, 0.4) is 0 Å². The van der Waals surface area contributed by atoms with Gasteiger partial charge in [-0.25, -0.2) is 9.18 Å². The molecule has 24 heavy (non-hydrogen) atoms. The molecule has 0 bridgehead atoms. The first-order chi connectivity index (χ1) is 11.4. The van der Waals surface area contributed by atoms with Crippen molar-refractivity contribution < 1.29 is 9.18 Å². The standard InChI is InChI=1S/C16H19FN4O3/c1-3-4-9-21-13(18)12(14(22)19-16(21)24)20(2)15(23)10-5-7-11(17)8-6-10/h5-8H,3-4,9,18H2,1-2H3,(H,19,22,24). The summed E-state index contributed by atoms with van der Waals surface area (Å²) in [6.45, 7) is 2.29. The summed E-state index contributed by atoms with van der Waals surface area (Å²) in [5, 5.41) is 0. The van der Waals surface area contributed by atoms with Crippen LogP contribution in [0.15, 0.2) is 33.9 Å². The zero-order valence-corrected chi connectivity index (χ0v) is 13.5. The third-order valence-electron chi connectivity index (χ3n) is 3.68. The number of nitrogen functional groups attached to an aromatic ring is 1. The number of H-pyrrole nitrogens is 1. The van der Waals surface area contributed by atoms with E-state index in [0.29, 0.717) is 13.0 Å². The lowest BCUT2D eigenvalue weighted by molar-refractivity contribution is 0.0992. The van der Waals surface area contributed by atoms with Crippen molar-refractivity contribution in [3.8, 4) is 0 Å². The normalized spacial score (nSPS) is 10.6. The SMILES string of the molecule is CCCCn1c(N)c(N(C)C(=O)c2ccc(F)cc2)c(=O)[nH]c1=O. The van der Waals surface area contributed by atoms with Crippen molar-refractivity contribution >= 4 is 17.4 Å². The lowest BCUT2D eigenvalue weighted by Crippen LogP contribution is -2.39. The van der Waals surface area contributed by atoms with E-state index in [1.165, 1.54) is 23.7 Å². The van der Waals surface area contributed by atoms with Crippen LogP contribution < -0.4 is 21.9 Å². The molecule has 8 heteroatoms. The predicted molar refractivity (Wildman–Crippen MR) is 89.8 cm³/mol. The molecule has 0 radical (unpaired) electrons. The fourth-order valence-corrected chi connectivity index (χ4v) is 2.33. The van der Waals surface area contributed by atoms with Gasteiger partial charge < -0.3 is 10.6 Å². The summed E-state index contributed by atoms with van der Waals surface area (Å²) in [4.78, 5) is 39.7. The second-order valence-electron chi connectivity index (χ2n) is 5.37. The fourth-order valence-electron chi connectivity index (χ4n) is 2.33. The van der Waals surface area contributed by atoms with E-state index in [0.717, 1.165) is 23.5 Å². The van der Waals surface area contributed by atoms with E-state index in [9.17, 15) is 18.8 Å². The summed E-state index contributed by atoms with van der Waals surface area (Å²) >= 11 is 0. The van der Waals surface area contributed by atoms with Crippen molar-refractivity contribution in [2.75, 3.05) is 17.7 Å². The van der Waals surface area contributed by atoms with E-state index >= 15 is 0 Å². The van der Waals surface area contributed by atoms with Crippen molar-refractivity contribution in [3.63, 3.8) is 0 Å². The maximum atomic E-state index is 13.0. The number of aromatic nitrogens is 2. The zero-order chi connectivity index (χ0) is 17.9. The number of unbranched alkanes of at least 4 members (excludes halogenated alkanes) is 1. The third kappa shape index (κ3) is 3.37. The van der Waals surface area contributed by atoms with Gasteiger partial charge in [-0.05, 0) is 30.7 Å². The predicted octanol–water partition coefficient (Wildman–Crippen LogP) is 1.33. The Kier molecular flexibility index (Phi) is 5.18. The van der Waals surface area contributed by atoms with Crippen LogP contribution in [-0.4, -0.2) is 22.5 Å². The molecule has 1 heterocycles. The van der Waals surface area contributed by atoms with Crippen molar-refractivity contribution in [1.82, 2.24) is 9.55 Å². The Morgan fingerprint density at radius 1 is 1.29 bits per heavy atom. The Morgan fingerprint density at radius 3 is 2.50 bits per heavy atom. The van der Waals surface area contributed by atoms with Crippen LogP contribution in [0.25, 0.3) is 0 Å². The Morgan fingerprint density at radius 2 is 1.92 bits per heavy atom. The number of amides is 1. The average Bonchev–Trinajstić information content (AvgIpc) is 2.54. The van der Waals surface area contributed by atoms with E-state index in [-0.39, 0.29) is 17.1 Å². The number of nitrogens with zero attached hydrogens (tertiary/aromatic N) is 2. The summed E-state index contributed by atoms with van der Waals surface area (Å²) < 4.78 is 14.2. The molecule has 0 saturated heterocycles. The lowest BCUT2D eigenvalue weighted by atomic mass is 10.2. The summed E-state index contributed by atoms with van der Waals surface area (Å²) in [6, 6.07) is 4.92. The summed E-state index contributed by atoms with van der Waals surface area (Å²) in [6.07, 6.45) is 1.54. The van der Waals surface area contributed by atoms with Gasteiger partial charge >= 0.3 is 5.69 Å². The molecule has 1 amide bonds. The number of hydrogen-bond acceptors (Lipinski definition) is 4. The number of carbonyl (C=O) groups excluding carboxylic acids is 1. The van der Waals surface area contributed by atoms with E-state index < -0.39 is 23.0 Å². The number of rotatable bonds is 5. The van der Waals surface area contributed by atoms with Crippen LogP contribution in [0.1, 0.15) is 30.1 Å². The molecule has 1 aromatic heterocycles. The van der Waals surface area contributed by atoms with Crippen molar-refractivity contribution in [3.05, 3.63) is 56.5 Å². The number of anilines is 2. The maximum absolute atomic E-state index is 13.0. The second-order valence-corrected chi connectivity index (χ2v) is 5.37. The molecular formula is C16H19FN4O3.